The second-order valence-electron chi connectivity index (χ2n) is 4.95. The van der Waals surface area contributed by atoms with Gasteiger partial charge < -0.3 is 9.72 Å². The highest BCUT2D eigenvalue weighted by molar-refractivity contribution is 7.92. The van der Waals surface area contributed by atoms with Gasteiger partial charge in [0.15, 0.2) is 5.82 Å². The molecule has 0 saturated heterocycles. The van der Waals surface area contributed by atoms with Gasteiger partial charge in [0.05, 0.1) is 36.7 Å². The number of benzene rings is 1. The quantitative estimate of drug-likeness (QED) is 0.878. The molecule has 23 heavy (non-hydrogen) atoms. The summed E-state index contributed by atoms with van der Waals surface area (Å²) in [6.07, 6.45) is 1.18. The van der Waals surface area contributed by atoms with Crippen molar-refractivity contribution in [1.82, 2.24) is 9.97 Å². The highest BCUT2D eigenvalue weighted by atomic mass is 32.2. The van der Waals surface area contributed by atoms with E-state index >= 15 is 0 Å². The van der Waals surface area contributed by atoms with Gasteiger partial charge in [-0.15, -0.1) is 10.2 Å². The molecule has 1 aliphatic heterocycles. The molecule has 10 heteroatoms. The summed E-state index contributed by atoms with van der Waals surface area (Å²) in [6.45, 7) is 0. The van der Waals surface area contributed by atoms with Gasteiger partial charge in [-0.3, -0.25) is 9.52 Å². The number of nitrogens with zero attached hydrogens (tertiary/aromatic N) is 3. The summed E-state index contributed by atoms with van der Waals surface area (Å²) in [4.78, 5) is 18.6. The van der Waals surface area contributed by atoms with Crippen molar-refractivity contribution in [2.45, 2.75) is 6.42 Å². The molecule has 1 amide bonds. The Hall–Kier alpha value is -2.75. The molecule has 0 bridgehead atoms. The first kappa shape index (κ1) is 15.2. The molecule has 1 aliphatic rings. The van der Waals surface area contributed by atoms with Gasteiger partial charge >= 0.3 is 0 Å². The van der Waals surface area contributed by atoms with Crippen molar-refractivity contribution >= 4 is 27.4 Å². The third-order valence-corrected chi connectivity index (χ3v) is 3.71. The molecule has 2 heterocycles. The first-order valence-corrected chi connectivity index (χ1v) is 8.44. The molecule has 0 spiro atoms. The van der Waals surface area contributed by atoms with Gasteiger partial charge in [-0.05, 0) is 12.1 Å². The number of nitrogens with one attached hydrogen (secondary N) is 2. The number of methoxy groups -OCH3 is 1. The molecule has 120 valence electrons. The summed E-state index contributed by atoms with van der Waals surface area (Å²) in [5.74, 6) is 0.909. The SMILES string of the molecule is COc1cc(NS(C)(=O)=O)ccc1-c1nc2c([nH]1)CC(=O)N=N2. The van der Waals surface area contributed by atoms with Crippen LogP contribution >= 0.6 is 0 Å². The fraction of sp³-hybridized carbons (Fsp3) is 0.231. The number of ether oxygens (including phenoxy) is 1. The van der Waals surface area contributed by atoms with Gasteiger partial charge in [0.1, 0.15) is 11.6 Å². The normalized spacial score (nSPS) is 13.7. The van der Waals surface area contributed by atoms with Crippen molar-refractivity contribution in [2.75, 3.05) is 18.1 Å². The van der Waals surface area contributed by atoms with E-state index in [1.54, 1.807) is 18.2 Å². The zero-order valence-electron chi connectivity index (χ0n) is 12.3. The zero-order chi connectivity index (χ0) is 16.6. The Morgan fingerprint density at radius 1 is 1.30 bits per heavy atom. The number of sulfonamides is 1. The molecule has 0 radical (unpaired) electrons. The van der Waals surface area contributed by atoms with Crippen LogP contribution in [0.5, 0.6) is 5.75 Å². The van der Waals surface area contributed by atoms with E-state index in [1.807, 2.05) is 0 Å². The van der Waals surface area contributed by atoms with E-state index in [2.05, 4.69) is 24.9 Å². The van der Waals surface area contributed by atoms with Crippen molar-refractivity contribution in [1.29, 1.82) is 0 Å². The second kappa shape index (κ2) is 5.47. The number of H-pyrrole nitrogens is 1. The maximum atomic E-state index is 11.3. The van der Waals surface area contributed by atoms with Crippen LogP contribution in [0.1, 0.15) is 5.69 Å². The Balaban J connectivity index is 2.00. The molecular weight excluding hydrogens is 322 g/mol. The molecule has 0 unspecified atom stereocenters. The molecule has 1 aromatic carbocycles. The van der Waals surface area contributed by atoms with E-state index < -0.39 is 10.0 Å². The van der Waals surface area contributed by atoms with Crippen LogP contribution in [0.3, 0.4) is 0 Å². The van der Waals surface area contributed by atoms with Crippen molar-refractivity contribution in [2.24, 2.45) is 10.2 Å². The van der Waals surface area contributed by atoms with Crippen LogP contribution in [0, 0.1) is 0 Å². The topological polar surface area (TPSA) is 126 Å². The average molecular weight is 335 g/mol. The Bertz CT molecular complexity index is 916. The number of amides is 1. The van der Waals surface area contributed by atoms with Crippen LogP contribution in [0.15, 0.2) is 28.4 Å². The minimum Gasteiger partial charge on any atom is -0.496 e. The smallest absolute Gasteiger partial charge is 0.270 e. The van der Waals surface area contributed by atoms with Gasteiger partial charge in [0.25, 0.3) is 5.91 Å². The number of imidazole rings is 1. The molecule has 2 N–H and O–H groups in total. The Morgan fingerprint density at radius 2 is 2.09 bits per heavy atom. The standard InChI is InChI=1S/C13H13N5O4S/c1-22-10-5-7(18-23(2,20)21)3-4-8(10)12-14-9-6-11(19)16-17-13(9)15-12/h3-5,18H,6H2,1-2H3,(H,14,15). The number of fused-ring (bicyclic) bond motifs is 1. The summed E-state index contributed by atoms with van der Waals surface area (Å²) in [5.41, 5.74) is 1.57. The lowest BCUT2D eigenvalue weighted by molar-refractivity contribution is -0.117. The lowest BCUT2D eigenvalue weighted by atomic mass is 10.1. The van der Waals surface area contributed by atoms with Crippen molar-refractivity contribution in [3.05, 3.63) is 23.9 Å². The fourth-order valence-corrected chi connectivity index (χ4v) is 2.74. The van der Waals surface area contributed by atoms with E-state index in [1.165, 1.54) is 7.11 Å². The van der Waals surface area contributed by atoms with E-state index in [0.717, 1.165) is 6.26 Å². The summed E-state index contributed by atoms with van der Waals surface area (Å²) in [5, 5.41) is 7.21. The molecule has 9 nitrogen and oxygen atoms in total. The third-order valence-electron chi connectivity index (χ3n) is 3.10. The first-order valence-electron chi connectivity index (χ1n) is 6.55. The molecule has 0 saturated carbocycles. The molecule has 1 aromatic heterocycles. The Kier molecular flexibility index (Phi) is 3.60. The number of carbonyl (C=O) groups excluding carboxylic acids is 1. The van der Waals surface area contributed by atoms with Gasteiger partial charge in [0.2, 0.25) is 10.0 Å². The summed E-state index contributed by atoms with van der Waals surface area (Å²) >= 11 is 0. The van der Waals surface area contributed by atoms with Crippen LogP contribution in [-0.2, 0) is 21.2 Å². The largest absolute Gasteiger partial charge is 0.496 e. The van der Waals surface area contributed by atoms with E-state index in [4.69, 9.17) is 4.74 Å². The average Bonchev–Trinajstić information content (AvgIpc) is 2.88. The van der Waals surface area contributed by atoms with E-state index in [-0.39, 0.29) is 12.3 Å². The van der Waals surface area contributed by atoms with Crippen LogP contribution < -0.4 is 9.46 Å². The summed E-state index contributed by atoms with van der Waals surface area (Å²) in [7, 11) is -1.91. The Labute approximate surface area is 131 Å². The maximum absolute atomic E-state index is 11.3. The highest BCUT2D eigenvalue weighted by Crippen LogP contribution is 2.34. The predicted octanol–water partition coefficient (Wildman–Crippen LogP) is 1.62. The molecule has 0 aliphatic carbocycles. The van der Waals surface area contributed by atoms with Crippen LogP contribution in [-0.4, -0.2) is 37.7 Å². The predicted molar refractivity (Wildman–Crippen MR) is 82.3 cm³/mol. The lowest BCUT2D eigenvalue weighted by Gasteiger charge is -2.10. The number of anilines is 1. The minimum atomic E-state index is -3.38. The number of hydrogen-bond donors (Lipinski definition) is 2. The first-order chi connectivity index (χ1) is 10.9. The monoisotopic (exact) mass is 335 g/mol. The molecule has 0 atom stereocenters. The Morgan fingerprint density at radius 3 is 2.78 bits per heavy atom. The molecule has 0 fully saturated rings. The van der Waals surface area contributed by atoms with Crippen molar-refractivity contribution in [3.63, 3.8) is 0 Å². The number of aromatic nitrogens is 2. The van der Waals surface area contributed by atoms with Gasteiger partial charge in [-0.25, -0.2) is 13.4 Å². The van der Waals surface area contributed by atoms with E-state index in [0.29, 0.717) is 34.3 Å². The minimum absolute atomic E-state index is 0.113. The second-order valence-corrected chi connectivity index (χ2v) is 6.70. The fourth-order valence-electron chi connectivity index (χ4n) is 2.19. The highest BCUT2D eigenvalue weighted by Gasteiger charge is 2.20. The van der Waals surface area contributed by atoms with Gasteiger partial charge in [0, 0.05) is 6.07 Å². The zero-order valence-corrected chi connectivity index (χ0v) is 13.1. The van der Waals surface area contributed by atoms with E-state index in [9.17, 15) is 13.2 Å². The number of hydrogen-bond acceptors (Lipinski definition) is 6. The van der Waals surface area contributed by atoms with Crippen LogP contribution in [0.4, 0.5) is 11.5 Å². The maximum Gasteiger partial charge on any atom is 0.270 e. The number of aromatic amines is 1. The molecular formula is C13H13N5O4S. The van der Waals surface area contributed by atoms with Gasteiger partial charge in [-0.2, -0.15) is 0 Å². The molecule has 2 aromatic rings. The number of carbonyl (C=O) groups is 1. The lowest BCUT2D eigenvalue weighted by Crippen LogP contribution is -2.09. The number of azo groups is 1. The van der Waals surface area contributed by atoms with Crippen molar-refractivity contribution < 1.29 is 17.9 Å². The third kappa shape index (κ3) is 3.21. The molecule has 3 rings (SSSR count). The summed E-state index contributed by atoms with van der Waals surface area (Å²) < 4.78 is 30.3. The number of rotatable bonds is 4. The van der Waals surface area contributed by atoms with Crippen LogP contribution in [0.25, 0.3) is 11.4 Å². The van der Waals surface area contributed by atoms with Crippen molar-refractivity contribution in [3.8, 4) is 17.1 Å². The summed E-state index contributed by atoms with van der Waals surface area (Å²) in [6, 6.07) is 4.80. The van der Waals surface area contributed by atoms with Crippen LogP contribution in [0.2, 0.25) is 0 Å². The van der Waals surface area contributed by atoms with Gasteiger partial charge in [-0.1, -0.05) is 0 Å².